The van der Waals surface area contributed by atoms with Gasteiger partial charge in [-0.15, -0.1) is 0 Å². The zero-order valence-corrected chi connectivity index (χ0v) is 9.23. The predicted octanol–water partition coefficient (Wildman–Crippen LogP) is 2.33. The first-order valence-electron chi connectivity index (χ1n) is 5.46. The van der Waals surface area contributed by atoms with Crippen molar-refractivity contribution in [2.24, 2.45) is 0 Å². The van der Waals surface area contributed by atoms with Crippen LogP contribution in [0, 0.1) is 0 Å². The van der Waals surface area contributed by atoms with Crippen LogP contribution < -0.4 is 5.32 Å². The third kappa shape index (κ3) is 4.10. The van der Waals surface area contributed by atoms with Gasteiger partial charge in [-0.25, -0.2) is 0 Å². The Labute approximate surface area is 82.0 Å². The number of rotatable bonds is 5. The Kier molecular flexibility index (Phi) is 4.20. The minimum absolute atomic E-state index is 0.147. The summed E-state index contributed by atoms with van der Waals surface area (Å²) >= 11 is 0. The maximum atomic E-state index is 5.91. The van der Waals surface area contributed by atoms with E-state index in [0.29, 0.717) is 6.10 Å². The second kappa shape index (κ2) is 4.97. The second-order valence-electron chi connectivity index (χ2n) is 4.64. The van der Waals surface area contributed by atoms with Crippen molar-refractivity contribution in [1.82, 2.24) is 5.32 Å². The molecule has 1 fully saturated rings. The molecule has 1 saturated heterocycles. The summed E-state index contributed by atoms with van der Waals surface area (Å²) in [6.45, 7) is 5.53. The number of nitrogens with one attached hydrogen (secondary N) is 1. The number of unbranched alkanes of at least 4 members (excludes halogenated alkanes) is 1. The van der Waals surface area contributed by atoms with Gasteiger partial charge in [-0.05, 0) is 59.5 Å². The van der Waals surface area contributed by atoms with Gasteiger partial charge in [0.15, 0.2) is 0 Å². The zero-order chi connectivity index (χ0) is 9.73. The van der Waals surface area contributed by atoms with Crippen molar-refractivity contribution in [2.45, 2.75) is 57.7 Å². The Balaban J connectivity index is 2.04. The fraction of sp³-hybridized carbons (Fsp3) is 1.00. The first kappa shape index (κ1) is 11.0. The first-order valence-corrected chi connectivity index (χ1v) is 5.46. The molecule has 0 aromatic carbocycles. The molecule has 0 saturated carbocycles. The molecule has 1 rings (SSSR count). The van der Waals surface area contributed by atoms with Crippen LogP contribution in [0.1, 0.15) is 46.0 Å². The van der Waals surface area contributed by atoms with E-state index >= 15 is 0 Å². The molecule has 0 radical (unpaired) electrons. The highest BCUT2D eigenvalue weighted by atomic mass is 16.5. The molecule has 1 aliphatic heterocycles. The third-order valence-corrected chi connectivity index (χ3v) is 2.76. The lowest BCUT2D eigenvalue weighted by atomic mass is 10.0. The van der Waals surface area contributed by atoms with Crippen LogP contribution in [-0.2, 0) is 4.74 Å². The van der Waals surface area contributed by atoms with Gasteiger partial charge >= 0.3 is 0 Å². The average Bonchev–Trinajstić information content (AvgIpc) is 2.40. The molecule has 78 valence electrons. The van der Waals surface area contributed by atoms with E-state index in [0.717, 1.165) is 6.54 Å². The fourth-order valence-electron chi connectivity index (χ4n) is 1.95. The lowest BCUT2D eigenvalue weighted by Gasteiger charge is -2.19. The monoisotopic (exact) mass is 185 g/mol. The molecular formula is C11H23NO. The molecule has 2 nitrogen and oxygen atoms in total. The predicted molar refractivity (Wildman–Crippen MR) is 56.0 cm³/mol. The lowest BCUT2D eigenvalue weighted by molar-refractivity contribution is -0.0190. The van der Waals surface area contributed by atoms with E-state index in [2.05, 4.69) is 19.2 Å². The van der Waals surface area contributed by atoms with Crippen molar-refractivity contribution in [1.29, 1.82) is 0 Å². The normalized spacial score (nSPS) is 26.5. The van der Waals surface area contributed by atoms with Gasteiger partial charge in [0.25, 0.3) is 0 Å². The van der Waals surface area contributed by atoms with Gasteiger partial charge < -0.3 is 10.1 Å². The van der Waals surface area contributed by atoms with Gasteiger partial charge in [-0.2, -0.15) is 0 Å². The van der Waals surface area contributed by atoms with Crippen LogP contribution in [0.15, 0.2) is 0 Å². The summed E-state index contributed by atoms with van der Waals surface area (Å²) in [6.07, 6.45) is 6.83. The van der Waals surface area contributed by atoms with Crippen molar-refractivity contribution in [3.63, 3.8) is 0 Å². The summed E-state index contributed by atoms with van der Waals surface area (Å²) in [5, 5.41) is 3.17. The summed E-state index contributed by atoms with van der Waals surface area (Å²) < 4.78 is 5.91. The largest absolute Gasteiger partial charge is 0.372 e. The van der Waals surface area contributed by atoms with Crippen LogP contribution in [0.3, 0.4) is 0 Å². The van der Waals surface area contributed by atoms with Gasteiger partial charge in [0.1, 0.15) is 0 Å². The van der Waals surface area contributed by atoms with Crippen molar-refractivity contribution < 1.29 is 4.74 Å². The highest BCUT2D eigenvalue weighted by molar-refractivity contribution is 4.80. The Morgan fingerprint density at radius 1 is 1.38 bits per heavy atom. The highest BCUT2D eigenvalue weighted by Crippen LogP contribution is 2.31. The maximum absolute atomic E-state index is 5.91. The van der Waals surface area contributed by atoms with Crippen LogP contribution in [0.4, 0.5) is 0 Å². The van der Waals surface area contributed by atoms with Gasteiger partial charge in [0, 0.05) is 0 Å². The summed E-state index contributed by atoms with van der Waals surface area (Å²) in [4.78, 5) is 0. The van der Waals surface area contributed by atoms with Gasteiger partial charge in [0.2, 0.25) is 0 Å². The van der Waals surface area contributed by atoms with Crippen LogP contribution in [-0.4, -0.2) is 25.3 Å². The van der Waals surface area contributed by atoms with Gasteiger partial charge in [-0.3, -0.25) is 0 Å². The Morgan fingerprint density at radius 3 is 2.69 bits per heavy atom. The lowest BCUT2D eigenvalue weighted by Crippen LogP contribution is -2.20. The summed E-state index contributed by atoms with van der Waals surface area (Å²) in [7, 11) is 2.01. The Bertz CT molecular complexity index is 145. The topological polar surface area (TPSA) is 21.3 Å². The molecule has 0 aromatic heterocycles. The van der Waals surface area contributed by atoms with Gasteiger partial charge in [0.05, 0.1) is 11.7 Å². The molecule has 0 spiro atoms. The molecule has 1 heterocycles. The Morgan fingerprint density at radius 2 is 2.15 bits per heavy atom. The van der Waals surface area contributed by atoms with Crippen LogP contribution >= 0.6 is 0 Å². The molecule has 1 aliphatic rings. The number of hydrogen-bond acceptors (Lipinski definition) is 2. The molecule has 1 atom stereocenters. The van der Waals surface area contributed by atoms with Crippen molar-refractivity contribution in [3.8, 4) is 0 Å². The first-order chi connectivity index (χ1) is 6.14. The molecule has 1 N–H and O–H groups in total. The summed E-state index contributed by atoms with van der Waals surface area (Å²) in [5.74, 6) is 0. The molecule has 0 bridgehead atoms. The summed E-state index contributed by atoms with van der Waals surface area (Å²) in [5.41, 5.74) is 0.147. The minimum Gasteiger partial charge on any atom is -0.372 e. The van der Waals surface area contributed by atoms with Gasteiger partial charge in [-0.1, -0.05) is 0 Å². The molecule has 0 amide bonds. The van der Waals surface area contributed by atoms with Crippen molar-refractivity contribution in [3.05, 3.63) is 0 Å². The van der Waals surface area contributed by atoms with Crippen LogP contribution in [0.5, 0.6) is 0 Å². The van der Waals surface area contributed by atoms with E-state index in [1.807, 2.05) is 7.05 Å². The number of ether oxygens (including phenoxy) is 1. The third-order valence-electron chi connectivity index (χ3n) is 2.76. The molecular weight excluding hydrogens is 162 g/mol. The quantitative estimate of drug-likeness (QED) is 0.664. The smallest absolute Gasteiger partial charge is 0.0631 e. The molecule has 13 heavy (non-hydrogen) atoms. The van der Waals surface area contributed by atoms with Crippen molar-refractivity contribution >= 4 is 0 Å². The van der Waals surface area contributed by atoms with Crippen molar-refractivity contribution in [2.75, 3.05) is 13.6 Å². The van der Waals surface area contributed by atoms with Crippen LogP contribution in [0.2, 0.25) is 0 Å². The second-order valence-corrected chi connectivity index (χ2v) is 4.64. The highest BCUT2D eigenvalue weighted by Gasteiger charge is 2.30. The minimum atomic E-state index is 0.147. The molecule has 2 heteroatoms. The molecule has 0 aromatic rings. The standard InChI is InChI=1S/C11H23NO/c1-11(2)8-7-10(13-11)6-4-5-9-12-3/h10,12H,4-9H2,1-3H3. The van der Waals surface area contributed by atoms with Crippen LogP contribution in [0.25, 0.3) is 0 Å². The SMILES string of the molecule is CNCCCCC1CCC(C)(C)O1. The average molecular weight is 185 g/mol. The maximum Gasteiger partial charge on any atom is 0.0631 e. The zero-order valence-electron chi connectivity index (χ0n) is 9.23. The van der Waals surface area contributed by atoms with E-state index in [4.69, 9.17) is 4.74 Å². The van der Waals surface area contributed by atoms with E-state index < -0.39 is 0 Å². The van der Waals surface area contributed by atoms with E-state index in [1.54, 1.807) is 0 Å². The fourth-order valence-corrected chi connectivity index (χ4v) is 1.95. The van der Waals surface area contributed by atoms with E-state index in [9.17, 15) is 0 Å². The Hall–Kier alpha value is -0.0800. The van der Waals surface area contributed by atoms with E-state index in [1.165, 1.54) is 32.1 Å². The van der Waals surface area contributed by atoms with E-state index in [-0.39, 0.29) is 5.60 Å². The number of hydrogen-bond donors (Lipinski definition) is 1. The molecule has 0 aliphatic carbocycles. The molecule has 1 unspecified atom stereocenters. The summed E-state index contributed by atoms with van der Waals surface area (Å²) in [6, 6.07) is 0.